The van der Waals surface area contributed by atoms with E-state index in [1.54, 1.807) is 7.11 Å². The number of methoxy groups -OCH3 is 1. The van der Waals surface area contributed by atoms with E-state index in [-0.39, 0.29) is 0 Å². The van der Waals surface area contributed by atoms with Gasteiger partial charge in [0, 0.05) is 20.2 Å². The van der Waals surface area contributed by atoms with E-state index in [0.717, 1.165) is 26.1 Å². The molecular formula is C17H29NO. The Balaban J connectivity index is 2.60. The fourth-order valence-electron chi connectivity index (χ4n) is 2.28. The van der Waals surface area contributed by atoms with E-state index in [1.807, 2.05) is 0 Å². The van der Waals surface area contributed by atoms with Gasteiger partial charge in [-0.2, -0.15) is 0 Å². The van der Waals surface area contributed by atoms with Gasteiger partial charge in [0.05, 0.1) is 6.61 Å². The van der Waals surface area contributed by atoms with Gasteiger partial charge in [-0.05, 0) is 48.8 Å². The molecule has 0 aliphatic rings. The molecule has 0 aliphatic heterocycles. The van der Waals surface area contributed by atoms with Crippen molar-refractivity contribution in [1.82, 2.24) is 5.32 Å². The van der Waals surface area contributed by atoms with Crippen LogP contribution in [0.2, 0.25) is 0 Å². The lowest BCUT2D eigenvalue weighted by molar-refractivity contribution is 0.191. The molecule has 0 saturated carbocycles. The SMILES string of the molecule is CCC(C)(CNCCOC)Cc1ccc(C)c(C)c1. The summed E-state index contributed by atoms with van der Waals surface area (Å²) in [4.78, 5) is 0. The van der Waals surface area contributed by atoms with Crippen LogP contribution in [0, 0.1) is 19.3 Å². The highest BCUT2D eigenvalue weighted by atomic mass is 16.5. The van der Waals surface area contributed by atoms with Crippen LogP contribution in [0.1, 0.15) is 37.0 Å². The molecule has 0 amide bonds. The number of aryl methyl sites for hydroxylation is 2. The minimum atomic E-state index is 0.315. The highest BCUT2D eigenvalue weighted by molar-refractivity contribution is 5.30. The Labute approximate surface area is 118 Å². The minimum absolute atomic E-state index is 0.315. The van der Waals surface area contributed by atoms with Gasteiger partial charge in [0.15, 0.2) is 0 Å². The quantitative estimate of drug-likeness (QED) is 0.725. The van der Waals surface area contributed by atoms with E-state index in [1.165, 1.54) is 23.1 Å². The normalized spacial score (nSPS) is 14.4. The van der Waals surface area contributed by atoms with Crippen molar-refractivity contribution in [3.05, 3.63) is 34.9 Å². The second-order valence-corrected chi connectivity index (χ2v) is 5.93. The zero-order valence-electron chi connectivity index (χ0n) is 13.2. The zero-order valence-corrected chi connectivity index (χ0v) is 13.2. The fourth-order valence-corrected chi connectivity index (χ4v) is 2.28. The van der Waals surface area contributed by atoms with Gasteiger partial charge in [0.25, 0.3) is 0 Å². The van der Waals surface area contributed by atoms with Crippen LogP contribution in [0.4, 0.5) is 0 Å². The molecule has 0 saturated heterocycles. The molecule has 0 radical (unpaired) electrons. The predicted octanol–water partition coefficient (Wildman–Crippen LogP) is 3.50. The first-order valence-electron chi connectivity index (χ1n) is 7.26. The second kappa shape index (κ2) is 7.66. The van der Waals surface area contributed by atoms with E-state index in [4.69, 9.17) is 4.74 Å². The second-order valence-electron chi connectivity index (χ2n) is 5.93. The maximum atomic E-state index is 5.07. The average molecular weight is 263 g/mol. The van der Waals surface area contributed by atoms with Crippen molar-refractivity contribution in [3.8, 4) is 0 Å². The smallest absolute Gasteiger partial charge is 0.0587 e. The van der Waals surface area contributed by atoms with E-state index < -0.39 is 0 Å². The summed E-state index contributed by atoms with van der Waals surface area (Å²) in [6.45, 7) is 11.8. The zero-order chi connectivity index (χ0) is 14.3. The topological polar surface area (TPSA) is 21.3 Å². The fraction of sp³-hybridized carbons (Fsp3) is 0.647. The molecular weight excluding hydrogens is 234 g/mol. The van der Waals surface area contributed by atoms with E-state index in [9.17, 15) is 0 Å². The number of hydrogen-bond donors (Lipinski definition) is 1. The van der Waals surface area contributed by atoms with Gasteiger partial charge in [0.2, 0.25) is 0 Å². The van der Waals surface area contributed by atoms with Gasteiger partial charge < -0.3 is 10.1 Å². The minimum Gasteiger partial charge on any atom is -0.383 e. The van der Waals surface area contributed by atoms with Gasteiger partial charge in [-0.25, -0.2) is 0 Å². The largest absolute Gasteiger partial charge is 0.383 e. The van der Waals surface area contributed by atoms with Crippen molar-refractivity contribution in [2.45, 2.75) is 40.5 Å². The predicted molar refractivity (Wildman–Crippen MR) is 82.8 cm³/mol. The number of ether oxygens (including phenoxy) is 1. The molecule has 0 bridgehead atoms. The molecule has 1 aromatic carbocycles. The molecule has 1 unspecified atom stereocenters. The maximum absolute atomic E-state index is 5.07. The molecule has 0 heterocycles. The Kier molecular flexibility index (Phi) is 6.53. The monoisotopic (exact) mass is 263 g/mol. The van der Waals surface area contributed by atoms with Crippen LogP contribution in [0.25, 0.3) is 0 Å². The lowest BCUT2D eigenvalue weighted by Gasteiger charge is -2.29. The number of rotatable bonds is 8. The van der Waals surface area contributed by atoms with Crippen molar-refractivity contribution in [1.29, 1.82) is 0 Å². The summed E-state index contributed by atoms with van der Waals surface area (Å²) >= 11 is 0. The first-order chi connectivity index (χ1) is 9.00. The summed E-state index contributed by atoms with van der Waals surface area (Å²) in [5.74, 6) is 0. The summed E-state index contributed by atoms with van der Waals surface area (Å²) in [6, 6.07) is 6.84. The van der Waals surface area contributed by atoms with Gasteiger partial charge >= 0.3 is 0 Å². The Morgan fingerprint density at radius 3 is 2.53 bits per heavy atom. The first-order valence-corrected chi connectivity index (χ1v) is 7.26. The van der Waals surface area contributed by atoms with E-state index in [0.29, 0.717) is 5.41 Å². The van der Waals surface area contributed by atoms with Crippen molar-refractivity contribution in [3.63, 3.8) is 0 Å². The Morgan fingerprint density at radius 1 is 1.21 bits per heavy atom. The van der Waals surface area contributed by atoms with Crippen LogP contribution in [0.15, 0.2) is 18.2 Å². The molecule has 1 N–H and O–H groups in total. The lowest BCUT2D eigenvalue weighted by atomic mass is 9.80. The van der Waals surface area contributed by atoms with Crippen LogP contribution >= 0.6 is 0 Å². The Bertz CT molecular complexity index is 389. The van der Waals surface area contributed by atoms with Crippen molar-refractivity contribution in [2.75, 3.05) is 26.8 Å². The Morgan fingerprint density at radius 2 is 1.95 bits per heavy atom. The Hall–Kier alpha value is -0.860. The summed E-state index contributed by atoms with van der Waals surface area (Å²) < 4.78 is 5.07. The molecule has 0 aromatic heterocycles. The molecule has 108 valence electrons. The molecule has 0 spiro atoms. The third kappa shape index (κ3) is 5.33. The molecule has 2 nitrogen and oxygen atoms in total. The summed E-state index contributed by atoms with van der Waals surface area (Å²) in [6.07, 6.45) is 2.31. The molecule has 1 rings (SSSR count). The first kappa shape index (κ1) is 16.2. The number of nitrogens with one attached hydrogen (secondary N) is 1. The van der Waals surface area contributed by atoms with Crippen molar-refractivity contribution in [2.24, 2.45) is 5.41 Å². The summed E-state index contributed by atoms with van der Waals surface area (Å²) in [5.41, 5.74) is 4.53. The lowest BCUT2D eigenvalue weighted by Crippen LogP contribution is -2.34. The molecule has 0 aliphatic carbocycles. The van der Waals surface area contributed by atoms with Crippen LogP contribution in [0.3, 0.4) is 0 Å². The number of benzene rings is 1. The molecule has 1 atom stereocenters. The van der Waals surface area contributed by atoms with Crippen molar-refractivity contribution >= 4 is 0 Å². The van der Waals surface area contributed by atoms with Crippen LogP contribution in [-0.2, 0) is 11.2 Å². The van der Waals surface area contributed by atoms with Crippen LogP contribution in [-0.4, -0.2) is 26.8 Å². The highest BCUT2D eigenvalue weighted by Crippen LogP contribution is 2.26. The van der Waals surface area contributed by atoms with E-state index >= 15 is 0 Å². The summed E-state index contributed by atoms with van der Waals surface area (Å²) in [7, 11) is 1.75. The van der Waals surface area contributed by atoms with Crippen LogP contribution in [0.5, 0.6) is 0 Å². The van der Waals surface area contributed by atoms with E-state index in [2.05, 4.69) is 51.2 Å². The molecule has 19 heavy (non-hydrogen) atoms. The average Bonchev–Trinajstić information content (AvgIpc) is 2.39. The van der Waals surface area contributed by atoms with Gasteiger partial charge in [-0.3, -0.25) is 0 Å². The third-order valence-corrected chi connectivity index (χ3v) is 4.09. The standard InChI is InChI=1S/C17H29NO/c1-6-17(4,13-18-9-10-19-5)12-16-8-7-14(2)15(3)11-16/h7-8,11,18H,6,9-10,12-13H2,1-5H3. The molecule has 2 heteroatoms. The van der Waals surface area contributed by atoms with Crippen molar-refractivity contribution < 1.29 is 4.74 Å². The number of hydrogen-bond acceptors (Lipinski definition) is 2. The van der Waals surface area contributed by atoms with Gasteiger partial charge in [-0.1, -0.05) is 32.0 Å². The van der Waals surface area contributed by atoms with Gasteiger partial charge in [0.1, 0.15) is 0 Å². The summed E-state index contributed by atoms with van der Waals surface area (Å²) in [5, 5.41) is 3.50. The van der Waals surface area contributed by atoms with Gasteiger partial charge in [-0.15, -0.1) is 0 Å². The van der Waals surface area contributed by atoms with Crippen LogP contribution < -0.4 is 5.32 Å². The third-order valence-electron chi connectivity index (χ3n) is 4.09. The molecule has 0 fully saturated rings. The molecule has 1 aromatic rings. The maximum Gasteiger partial charge on any atom is 0.0587 e. The highest BCUT2D eigenvalue weighted by Gasteiger charge is 2.22.